The minimum atomic E-state index is -0.171. The van der Waals surface area contributed by atoms with Crippen LogP contribution in [-0.4, -0.2) is 16.3 Å². The van der Waals surface area contributed by atoms with Crippen LogP contribution in [0.5, 0.6) is 0 Å². The summed E-state index contributed by atoms with van der Waals surface area (Å²) < 4.78 is 14.9. The first-order valence-electron chi connectivity index (χ1n) is 6.79. The van der Waals surface area contributed by atoms with Gasteiger partial charge in [-0.25, -0.2) is 4.39 Å². The van der Waals surface area contributed by atoms with Gasteiger partial charge in [-0.15, -0.1) is 0 Å². The fraction of sp³-hybridized carbons (Fsp3) is 0.400. The summed E-state index contributed by atoms with van der Waals surface area (Å²) in [4.78, 5) is 0. The molecule has 0 aliphatic heterocycles. The van der Waals surface area contributed by atoms with Crippen molar-refractivity contribution in [2.75, 3.05) is 6.54 Å². The second-order valence-corrected chi connectivity index (χ2v) is 5.09. The molecule has 0 amide bonds. The highest BCUT2D eigenvalue weighted by atomic mass is 19.1. The summed E-state index contributed by atoms with van der Waals surface area (Å²) in [5.41, 5.74) is 1.18. The SMILES string of the molecule is Fc1ccc(C(NCCn2cccn2)C2CC2)cc1. The van der Waals surface area contributed by atoms with Gasteiger partial charge in [0.05, 0.1) is 6.54 Å². The molecule has 1 fully saturated rings. The molecule has 0 spiro atoms. The smallest absolute Gasteiger partial charge is 0.123 e. The van der Waals surface area contributed by atoms with E-state index in [1.54, 1.807) is 18.3 Å². The highest BCUT2D eigenvalue weighted by molar-refractivity contribution is 5.21. The van der Waals surface area contributed by atoms with Crippen molar-refractivity contribution in [2.45, 2.75) is 25.4 Å². The van der Waals surface area contributed by atoms with Crippen molar-refractivity contribution >= 4 is 0 Å². The first kappa shape index (κ1) is 12.4. The number of rotatable bonds is 6. The summed E-state index contributed by atoms with van der Waals surface area (Å²) in [6, 6.07) is 9.13. The zero-order valence-electron chi connectivity index (χ0n) is 10.8. The second kappa shape index (κ2) is 5.53. The summed E-state index contributed by atoms with van der Waals surface area (Å²) in [5, 5.41) is 7.76. The minimum Gasteiger partial charge on any atom is -0.308 e. The molecule has 1 heterocycles. The lowest BCUT2D eigenvalue weighted by molar-refractivity contribution is 0.450. The lowest BCUT2D eigenvalue weighted by Gasteiger charge is -2.19. The van der Waals surface area contributed by atoms with Crippen LogP contribution in [-0.2, 0) is 6.54 Å². The van der Waals surface area contributed by atoms with E-state index in [0.717, 1.165) is 13.1 Å². The van der Waals surface area contributed by atoms with E-state index in [0.29, 0.717) is 12.0 Å². The van der Waals surface area contributed by atoms with Crippen LogP contribution in [0.15, 0.2) is 42.7 Å². The van der Waals surface area contributed by atoms with E-state index >= 15 is 0 Å². The Balaban J connectivity index is 1.60. The molecule has 0 saturated heterocycles. The Morgan fingerprint density at radius 1 is 1.32 bits per heavy atom. The molecule has 1 aromatic carbocycles. The van der Waals surface area contributed by atoms with Crippen LogP contribution in [0.1, 0.15) is 24.4 Å². The molecule has 0 bridgehead atoms. The van der Waals surface area contributed by atoms with Crippen molar-refractivity contribution in [3.05, 3.63) is 54.1 Å². The Kier molecular flexibility index (Phi) is 3.60. The molecule has 1 aromatic heterocycles. The monoisotopic (exact) mass is 259 g/mol. The summed E-state index contributed by atoms with van der Waals surface area (Å²) >= 11 is 0. The Labute approximate surface area is 112 Å². The van der Waals surface area contributed by atoms with E-state index in [1.807, 2.05) is 29.1 Å². The molecular weight excluding hydrogens is 241 g/mol. The maximum Gasteiger partial charge on any atom is 0.123 e. The predicted molar refractivity (Wildman–Crippen MR) is 72.1 cm³/mol. The number of hydrogen-bond donors (Lipinski definition) is 1. The van der Waals surface area contributed by atoms with E-state index < -0.39 is 0 Å². The topological polar surface area (TPSA) is 29.9 Å². The molecule has 1 saturated carbocycles. The number of hydrogen-bond acceptors (Lipinski definition) is 2. The zero-order chi connectivity index (χ0) is 13.1. The molecule has 2 aromatic rings. The summed E-state index contributed by atoms with van der Waals surface area (Å²) in [5.74, 6) is 0.526. The maximum absolute atomic E-state index is 13.0. The molecule has 0 radical (unpaired) electrons. The normalized spacial score (nSPS) is 16.5. The minimum absolute atomic E-state index is 0.171. The third-order valence-electron chi connectivity index (χ3n) is 3.59. The van der Waals surface area contributed by atoms with Crippen molar-refractivity contribution in [3.8, 4) is 0 Å². The van der Waals surface area contributed by atoms with Crippen LogP contribution in [0.3, 0.4) is 0 Å². The van der Waals surface area contributed by atoms with Crippen molar-refractivity contribution in [2.24, 2.45) is 5.92 Å². The van der Waals surface area contributed by atoms with Gasteiger partial charge < -0.3 is 5.32 Å². The van der Waals surface area contributed by atoms with Gasteiger partial charge in [0, 0.05) is 25.0 Å². The fourth-order valence-corrected chi connectivity index (χ4v) is 2.42. The van der Waals surface area contributed by atoms with Crippen LogP contribution >= 0.6 is 0 Å². The van der Waals surface area contributed by atoms with Crippen LogP contribution in [0, 0.1) is 11.7 Å². The van der Waals surface area contributed by atoms with Crippen molar-refractivity contribution in [1.82, 2.24) is 15.1 Å². The Morgan fingerprint density at radius 3 is 2.74 bits per heavy atom. The van der Waals surface area contributed by atoms with Gasteiger partial charge in [-0.1, -0.05) is 12.1 Å². The molecule has 1 atom stereocenters. The lowest BCUT2D eigenvalue weighted by Crippen LogP contribution is -2.27. The average molecular weight is 259 g/mol. The number of halogens is 1. The molecule has 100 valence electrons. The van der Waals surface area contributed by atoms with Crippen LogP contribution < -0.4 is 5.32 Å². The highest BCUT2D eigenvalue weighted by Gasteiger charge is 2.31. The third kappa shape index (κ3) is 3.20. The van der Waals surface area contributed by atoms with Crippen molar-refractivity contribution in [1.29, 1.82) is 0 Å². The molecule has 1 aliphatic carbocycles. The maximum atomic E-state index is 13.0. The van der Waals surface area contributed by atoms with E-state index in [9.17, 15) is 4.39 Å². The number of aromatic nitrogens is 2. The lowest BCUT2D eigenvalue weighted by atomic mass is 10.0. The van der Waals surface area contributed by atoms with Gasteiger partial charge in [0.2, 0.25) is 0 Å². The zero-order valence-corrected chi connectivity index (χ0v) is 10.8. The standard InChI is InChI=1S/C15H18FN3/c16-14-6-4-13(5-7-14)15(12-2-3-12)17-9-11-19-10-1-8-18-19/h1,4-8,10,12,15,17H,2-3,9,11H2. The molecule has 3 nitrogen and oxygen atoms in total. The van der Waals surface area contributed by atoms with E-state index in [4.69, 9.17) is 0 Å². The van der Waals surface area contributed by atoms with E-state index in [1.165, 1.54) is 18.4 Å². The van der Waals surface area contributed by atoms with Crippen LogP contribution in [0.25, 0.3) is 0 Å². The van der Waals surface area contributed by atoms with Crippen molar-refractivity contribution < 1.29 is 4.39 Å². The van der Waals surface area contributed by atoms with Gasteiger partial charge in [-0.05, 0) is 42.5 Å². The Bertz CT molecular complexity index is 503. The highest BCUT2D eigenvalue weighted by Crippen LogP contribution is 2.40. The molecule has 1 aliphatic rings. The summed E-state index contributed by atoms with van der Waals surface area (Å²) in [6.45, 7) is 1.73. The van der Waals surface area contributed by atoms with Gasteiger partial charge in [0.1, 0.15) is 5.82 Å². The number of nitrogens with zero attached hydrogens (tertiary/aromatic N) is 2. The fourth-order valence-electron chi connectivity index (χ4n) is 2.42. The summed E-state index contributed by atoms with van der Waals surface area (Å²) in [6.07, 6.45) is 6.28. The third-order valence-corrected chi connectivity index (χ3v) is 3.59. The Hall–Kier alpha value is -1.68. The second-order valence-electron chi connectivity index (χ2n) is 5.09. The quantitative estimate of drug-likeness (QED) is 0.864. The molecule has 19 heavy (non-hydrogen) atoms. The molecule has 1 unspecified atom stereocenters. The van der Waals surface area contributed by atoms with E-state index in [-0.39, 0.29) is 5.82 Å². The summed E-state index contributed by atoms with van der Waals surface area (Å²) in [7, 11) is 0. The predicted octanol–water partition coefficient (Wildman–Crippen LogP) is 2.76. The average Bonchev–Trinajstić information content (AvgIpc) is 3.13. The van der Waals surface area contributed by atoms with Gasteiger partial charge in [-0.2, -0.15) is 5.10 Å². The molecule has 1 N–H and O–H groups in total. The first-order valence-corrected chi connectivity index (χ1v) is 6.79. The van der Waals surface area contributed by atoms with E-state index in [2.05, 4.69) is 10.4 Å². The Morgan fingerprint density at radius 2 is 2.11 bits per heavy atom. The van der Waals surface area contributed by atoms with Crippen LogP contribution in [0.2, 0.25) is 0 Å². The van der Waals surface area contributed by atoms with Gasteiger partial charge in [-0.3, -0.25) is 4.68 Å². The van der Waals surface area contributed by atoms with Crippen molar-refractivity contribution in [3.63, 3.8) is 0 Å². The van der Waals surface area contributed by atoms with Gasteiger partial charge in [0.25, 0.3) is 0 Å². The van der Waals surface area contributed by atoms with Gasteiger partial charge >= 0.3 is 0 Å². The molecule has 3 rings (SSSR count). The largest absolute Gasteiger partial charge is 0.308 e. The van der Waals surface area contributed by atoms with Gasteiger partial charge in [0.15, 0.2) is 0 Å². The van der Waals surface area contributed by atoms with Crippen LogP contribution in [0.4, 0.5) is 4.39 Å². The first-order chi connectivity index (χ1) is 9.33. The number of benzene rings is 1. The molecular formula is C15H18FN3. The molecule has 4 heteroatoms. The number of nitrogens with one attached hydrogen (secondary N) is 1.